The van der Waals surface area contributed by atoms with Crippen LogP contribution in [0.4, 0.5) is 0 Å². The zero-order valence-electron chi connectivity index (χ0n) is 12.2. The first-order valence-corrected chi connectivity index (χ1v) is 6.96. The van der Waals surface area contributed by atoms with Crippen molar-refractivity contribution in [3.8, 4) is 0 Å². The second-order valence-corrected chi connectivity index (χ2v) is 5.87. The molecule has 3 nitrogen and oxygen atoms in total. The van der Waals surface area contributed by atoms with Gasteiger partial charge in [-0.1, -0.05) is 23.7 Å². The Bertz CT molecular complexity index is 377. The minimum atomic E-state index is -0.127. The van der Waals surface area contributed by atoms with E-state index in [0.29, 0.717) is 13.2 Å². The summed E-state index contributed by atoms with van der Waals surface area (Å²) >= 11 is 6.01. The summed E-state index contributed by atoms with van der Waals surface area (Å²) in [6, 6.07) is 7.77. The highest BCUT2D eigenvalue weighted by molar-refractivity contribution is 6.30. The van der Waals surface area contributed by atoms with Crippen LogP contribution >= 0.6 is 11.6 Å². The fraction of sp³-hybridized carbons (Fsp3) is 0.600. The molecule has 19 heavy (non-hydrogen) atoms. The van der Waals surface area contributed by atoms with E-state index in [-0.39, 0.29) is 11.7 Å². The molecule has 1 aromatic carbocycles. The maximum absolute atomic E-state index is 6.01. The zero-order chi connectivity index (χ0) is 14.3. The maximum atomic E-state index is 6.01. The Hall–Kier alpha value is -0.610. The lowest BCUT2D eigenvalue weighted by Crippen LogP contribution is -2.25. The highest BCUT2D eigenvalue weighted by Crippen LogP contribution is 2.20. The van der Waals surface area contributed by atoms with Gasteiger partial charge in [-0.25, -0.2) is 0 Å². The zero-order valence-corrected chi connectivity index (χ0v) is 13.0. The van der Waals surface area contributed by atoms with Crippen LogP contribution in [-0.2, 0) is 9.47 Å². The Balaban J connectivity index is 2.49. The fourth-order valence-electron chi connectivity index (χ4n) is 1.70. The van der Waals surface area contributed by atoms with Crippen LogP contribution in [-0.4, -0.2) is 32.4 Å². The first kappa shape index (κ1) is 16.4. The van der Waals surface area contributed by atoms with E-state index in [1.807, 2.05) is 52.1 Å². The predicted octanol–water partition coefficient (Wildman–Crippen LogP) is 3.43. The van der Waals surface area contributed by atoms with Crippen molar-refractivity contribution < 1.29 is 9.47 Å². The van der Waals surface area contributed by atoms with E-state index in [0.717, 1.165) is 17.1 Å². The van der Waals surface area contributed by atoms with Crippen LogP contribution in [0.15, 0.2) is 24.3 Å². The molecule has 0 radical (unpaired) electrons. The van der Waals surface area contributed by atoms with Crippen LogP contribution in [0.2, 0.25) is 5.02 Å². The van der Waals surface area contributed by atoms with Gasteiger partial charge >= 0.3 is 0 Å². The predicted molar refractivity (Wildman–Crippen MR) is 79.8 cm³/mol. The number of hydrogen-bond acceptors (Lipinski definition) is 3. The summed E-state index contributed by atoms with van der Waals surface area (Å²) in [5, 5.41) is 3.86. The summed E-state index contributed by atoms with van der Waals surface area (Å²) < 4.78 is 11.5. The molecule has 0 saturated carbocycles. The van der Waals surface area contributed by atoms with Gasteiger partial charge in [0.05, 0.1) is 24.9 Å². The number of likely N-dealkylation sites (N-methyl/N-ethyl adjacent to an activating group) is 1. The third kappa shape index (κ3) is 6.92. The molecule has 0 heterocycles. The Kier molecular flexibility index (Phi) is 6.80. The van der Waals surface area contributed by atoms with Gasteiger partial charge in [0, 0.05) is 11.6 Å². The molecule has 1 atom stereocenters. The van der Waals surface area contributed by atoms with E-state index in [1.165, 1.54) is 0 Å². The van der Waals surface area contributed by atoms with Crippen molar-refractivity contribution in [2.75, 3.05) is 26.8 Å². The van der Waals surface area contributed by atoms with Crippen LogP contribution < -0.4 is 5.32 Å². The summed E-state index contributed by atoms with van der Waals surface area (Å²) in [4.78, 5) is 0. The minimum Gasteiger partial charge on any atom is -0.373 e. The summed E-state index contributed by atoms with van der Waals surface area (Å²) in [5.74, 6) is 0. The third-order valence-corrected chi connectivity index (χ3v) is 2.78. The van der Waals surface area contributed by atoms with Crippen molar-refractivity contribution in [1.82, 2.24) is 5.32 Å². The summed E-state index contributed by atoms with van der Waals surface area (Å²) in [6.07, 6.45) is -0.00716. The van der Waals surface area contributed by atoms with Crippen LogP contribution in [0.1, 0.15) is 32.4 Å². The molecular weight excluding hydrogens is 262 g/mol. The monoisotopic (exact) mass is 285 g/mol. The molecule has 0 aliphatic heterocycles. The van der Waals surface area contributed by atoms with E-state index in [4.69, 9.17) is 21.1 Å². The van der Waals surface area contributed by atoms with E-state index in [2.05, 4.69) is 5.32 Å². The highest BCUT2D eigenvalue weighted by atomic mass is 35.5. The van der Waals surface area contributed by atoms with Crippen molar-refractivity contribution in [2.45, 2.75) is 32.5 Å². The molecule has 0 aliphatic rings. The van der Waals surface area contributed by atoms with Crippen molar-refractivity contribution in [2.24, 2.45) is 0 Å². The first-order valence-electron chi connectivity index (χ1n) is 6.58. The molecule has 1 N–H and O–H groups in total. The molecule has 0 saturated heterocycles. The van der Waals surface area contributed by atoms with Crippen LogP contribution in [0.25, 0.3) is 0 Å². The molecule has 1 unspecified atom stereocenters. The lowest BCUT2D eigenvalue weighted by molar-refractivity contribution is -0.0516. The highest BCUT2D eigenvalue weighted by Gasteiger charge is 2.13. The standard InChI is InChI=1S/C15H24ClNO2/c1-15(2,3)19-9-8-18-14(11-17-4)12-6-5-7-13(16)10-12/h5-7,10,14,17H,8-9,11H2,1-4H3. The molecule has 0 fully saturated rings. The lowest BCUT2D eigenvalue weighted by Gasteiger charge is -2.22. The molecule has 0 aromatic heterocycles. The van der Waals surface area contributed by atoms with Gasteiger partial charge in [-0.2, -0.15) is 0 Å². The van der Waals surface area contributed by atoms with Gasteiger partial charge in [-0.3, -0.25) is 0 Å². The van der Waals surface area contributed by atoms with Gasteiger partial charge in [0.2, 0.25) is 0 Å². The normalized spacial score (nSPS) is 13.5. The average molecular weight is 286 g/mol. The number of nitrogens with one attached hydrogen (secondary N) is 1. The van der Waals surface area contributed by atoms with Crippen molar-refractivity contribution in [3.05, 3.63) is 34.9 Å². The second-order valence-electron chi connectivity index (χ2n) is 5.43. The van der Waals surface area contributed by atoms with Gasteiger partial charge in [0.25, 0.3) is 0 Å². The number of ether oxygens (including phenoxy) is 2. The molecule has 0 amide bonds. The van der Waals surface area contributed by atoms with Gasteiger partial charge in [0.1, 0.15) is 0 Å². The smallest absolute Gasteiger partial charge is 0.0950 e. The van der Waals surface area contributed by atoms with Gasteiger partial charge in [-0.05, 0) is 45.5 Å². The first-order chi connectivity index (χ1) is 8.92. The number of benzene rings is 1. The van der Waals surface area contributed by atoms with Crippen molar-refractivity contribution in [3.63, 3.8) is 0 Å². The number of hydrogen-bond donors (Lipinski definition) is 1. The molecule has 1 rings (SSSR count). The largest absolute Gasteiger partial charge is 0.373 e. The Morgan fingerprint density at radius 2 is 2.00 bits per heavy atom. The molecule has 108 valence electrons. The topological polar surface area (TPSA) is 30.5 Å². The lowest BCUT2D eigenvalue weighted by atomic mass is 10.1. The SMILES string of the molecule is CNCC(OCCOC(C)(C)C)c1cccc(Cl)c1. The molecule has 0 spiro atoms. The number of halogens is 1. The van der Waals surface area contributed by atoms with Gasteiger partial charge < -0.3 is 14.8 Å². The van der Waals surface area contributed by atoms with Crippen molar-refractivity contribution in [1.29, 1.82) is 0 Å². The minimum absolute atomic E-state index is 0.00716. The second kappa shape index (κ2) is 7.85. The van der Waals surface area contributed by atoms with E-state index in [1.54, 1.807) is 0 Å². The van der Waals surface area contributed by atoms with Crippen LogP contribution in [0.5, 0.6) is 0 Å². The molecule has 0 aliphatic carbocycles. The molecular formula is C15H24ClNO2. The quantitative estimate of drug-likeness (QED) is 0.779. The number of rotatable bonds is 7. The Morgan fingerprint density at radius 3 is 2.58 bits per heavy atom. The molecule has 0 bridgehead atoms. The molecule has 1 aromatic rings. The molecule has 4 heteroatoms. The van der Waals surface area contributed by atoms with Gasteiger partial charge in [0.15, 0.2) is 0 Å². The van der Waals surface area contributed by atoms with E-state index in [9.17, 15) is 0 Å². The van der Waals surface area contributed by atoms with Crippen LogP contribution in [0, 0.1) is 0 Å². The Morgan fingerprint density at radius 1 is 1.26 bits per heavy atom. The summed E-state index contributed by atoms with van der Waals surface area (Å²) in [6.45, 7) is 8.01. The van der Waals surface area contributed by atoms with E-state index < -0.39 is 0 Å². The van der Waals surface area contributed by atoms with E-state index >= 15 is 0 Å². The van der Waals surface area contributed by atoms with Crippen molar-refractivity contribution >= 4 is 11.6 Å². The van der Waals surface area contributed by atoms with Crippen LogP contribution in [0.3, 0.4) is 0 Å². The fourth-order valence-corrected chi connectivity index (χ4v) is 1.90. The third-order valence-electron chi connectivity index (χ3n) is 2.55. The van der Waals surface area contributed by atoms with Gasteiger partial charge in [-0.15, -0.1) is 0 Å². The summed E-state index contributed by atoms with van der Waals surface area (Å²) in [7, 11) is 1.91. The maximum Gasteiger partial charge on any atom is 0.0950 e. The average Bonchev–Trinajstić information content (AvgIpc) is 2.32. The summed E-state index contributed by atoms with van der Waals surface area (Å²) in [5.41, 5.74) is 0.954. The Labute approximate surface area is 121 Å².